The van der Waals surface area contributed by atoms with Gasteiger partial charge in [0.05, 0.1) is 221 Å². The van der Waals surface area contributed by atoms with Crippen molar-refractivity contribution in [2.75, 3.05) is 225 Å². The molecule has 0 aromatic heterocycles. The summed E-state index contributed by atoms with van der Waals surface area (Å²) in [4.78, 5) is 42.2. The number of rotatable bonds is 65. The van der Waals surface area contributed by atoms with Gasteiger partial charge >= 0.3 is 26.9 Å². The van der Waals surface area contributed by atoms with Crippen molar-refractivity contribution in [2.45, 2.75) is 121 Å². The lowest BCUT2D eigenvalue weighted by atomic mass is 9.86. The predicted octanol–water partition coefficient (Wildman–Crippen LogP) is -0.121. The van der Waals surface area contributed by atoms with Crippen molar-refractivity contribution in [1.29, 1.82) is 0 Å². The van der Waals surface area contributed by atoms with Crippen LogP contribution in [-0.2, 0) is 159 Å². The molecule has 0 amide bonds. The molecule has 0 radical (unpaired) electrons. The number of aliphatic hydroxyl groups excluding tert-OH is 8. The highest BCUT2D eigenvalue weighted by atomic mass is 32.5. The molecule has 3 aliphatic heterocycles. The van der Waals surface area contributed by atoms with Crippen molar-refractivity contribution in [3.63, 3.8) is 0 Å². The van der Waals surface area contributed by atoms with E-state index in [-0.39, 0.29) is 236 Å². The molecule has 0 bridgehead atoms. The highest BCUT2D eigenvalue weighted by Crippen LogP contribution is 2.46. The number of ether oxygens (including phenoxy) is 16. The van der Waals surface area contributed by atoms with Crippen LogP contribution in [0.15, 0.2) is 0 Å². The maximum absolute atomic E-state index is 10.7. The van der Waals surface area contributed by atoms with Crippen LogP contribution in [0.1, 0.15) is 53.4 Å². The Morgan fingerprint density at radius 1 is 0.294 bits per heavy atom. The first kappa shape index (κ1) is 97.4. The fourth-order valence-electron chi connectivity index (χ4n) is 9.70. The average Bonchev–Trinajstić information content (AvgIpc) is 0.821. The van der Waals surface area contributed by atoms with E-state index in [1.54, 1.807) is 13.8 Å². The van der Waals surface area contributed by atoms with Crippen molar-refractivity contribution < 1.29 is 172 Å². The van der Waals surface area contributed by atoms with E-state index in [0.717, 1.165) is 0 Å². The lowest BCUT2D eigenvalue weighted by Gasteiger charge is -2.41. The summed E-state index contributed by atoms with van der Waals surface area (Å²) in [6, 6.07) is 0. The minimum absolute atomic E-state index is 0.0123. The normalized spacial score (nSPS) is 28.7. The molecule has 3 heterocycles. The van der Waals surface area contributed by atoms with Gasteiger partial charge in [-0.25, -0.2) is 0 Å². The van der Waals surface area contributed by atoms with Gasteiger partial charge in [-0.05, 0) is 72.9 Å². The molecule has 3 aliphatic rings. The van der Waals surface area contributed by atoms with Crippen molar-refractivity contribution in [3.8, 4) is 0 Å². The number of hydrogen-bond donors (Lipinski definition) is 12. The third-order valence-electron chi connectivity index (χ3n) is 15.7. The molecule has 608 valence electrons. The van der Waals surface area contributed by atoms with Gasteiger partial charge in [0.15, 0.2) is 18.9 Å². The molecular formula is C58H116O36P4S4. The van der Waals surface area contributed by atoms with Crippen LogP contribution in [0.2, 0.25) is 0 Å². The Morgan fingerprint density at radius 2 is 0.539 bits per heavy atom. The summed E-state index contributed by atoms with van der Waals surface area (Å²) in [5.74, 6) is -1.58. The van der Waals surface area contributed by atoms with Crippen LogP contribution in [0.3, 0.4) is 0 Å². The molecule has 44 heteroatoms. The monoisotopic (exact) mass is 1640 g/mol. The highest BCUT2D eigenvalue weighted by Gasteiger charge is 2.44. The second-order valence-corrected chi connectivity index (χ2v) is 35.3. The SMILES string of the molecule is COP(O)(=S)OCCCOCC(COCCCOP(O)(=S)OCCOCCOCCO[C@@H]1OC(CO)[C@H](C)[C@H](O)C1C)(COCCCOP(O)(=S)OCCOCCOCCO[C@@H]1OC(CO)[C@H](O)[C@H](O)C1C)COCCCOP(O)(=S)OCCOCCOCCO[C@@H]1OC(CO)[C@H](O)[C@H](O)C1C. The van der Waals surface area contributed by atoms with Crippen LogP contribution in [0.5, 0.6) is 0 Å². The van der Waals surface area contributed by atoms with E-state index in [4.69, 9.17) is 159 Å². The molecule has 0 aliphatic carbocycles. The number of hydrogen-bond acceptors (Lipinski definition) is 36. The van der Waals surface area contributed by atoms with Crippen molar-refractivity contribution in [3.05, 3.63) is 0 Å². The summed E-state index contributed by atoms with van der Waals surface area (Å²) < 4.78 is 135. The Balaban J connectivity index is 1.45. The molecular weight excluding hydrogens is 1520 g/mol. The van der Waals surface area contributed by atoms with Gasteiger partial charge in [0.1, 0.15) is 24.4 Å². The van der Waals surface area contributed by atoms with Crippen LogP contribution >= 0.6 is 26.9 Å². The Labute approximate surface area is 618 Å². The smallest absolute Gasteiger partial charge is 0.324 e. The molecule has 3 rings (SSSR count). The van der Waals surface area contributed by atoms with Gasteiger partial charge < -0.3 is 172 Å². The Morgan fingerprint density at radius 3 is 0.824 bits per heavy atom. The van der Waals surface area contributed by atoms with E-state index < -0.39 is 125 Å². The van der Waals surface area contributed by atoms with Gasteiger partial charge in [-0.15, -0.1) is 0 Å². The van der Waals surface area contributed by atoms with E-state index in [1.807, 2.05) is 13.8 Å². The maximum atomic E-state index is 10.7. The fourth-order valence-corrected chi connectivity index (χ4v) is 14.0. The topological polar surface area (TPSA) is 464 Å². The van der Waals surface area contributed by atoms with E-state index in [0.29, 0.717) is 6.42 Å². The molecule has 3 saturated heterocycles. The maximum Gasteiger partial charge on any atom is 0.324 e. The van der Waals surface area contributed by atoms with Crippen LogP contribution in [-0.4, -0.2) is 353 Å². The predicted molar refractivity (Wildman–Crippen MR) is 376 cm³/mol. The van der Waals surface area contributed by atoms with E-state index in [2.05, 4.69) is 0 Å². The summed E-state index contributed by atoms with van der Waals surface area (Å²) >= 11 is 20.5. The molecule has 0 aromatic carbocycles. The summed E-state index contributed by atoms with van der Waals surface area (Å²) in [5, 5.41) is 79.4. The van der Waals surface area contributed by atoms with E-state index in [1.165, 1.54) is 7.11 Å². The van der Waals surface area contributed by atoms with Gasteiger partial charge in [-0.3, -0.25) is 0 Å². The first-order valence-corrected chi connectivity index (χ1v) is 44.2. The van der Waals surface area contributed by atoms with Gasteiger partial charge in [-0.2, -0.15) is 0 Å². The van der Waals surface area contributed by atoms with Crippen LogP contribution < -0.4 is 0 Å². The molecule has 12 N–H and O–H groups in total. The first-order valence-electron chi connectivity index (χ1n) is 33.9. The van der Waals surface area contributed by atoms with Gasteiger partial charge in [0.25, 0.3) is 0 Å². The third-order valence-corrected chi connectivity index (χ3v) is 22.3. The quantitative estimate of drug-likeness (QED) is 0.0279. The lowest BCUT2D eigenvalue weighted by molar-refractivity contribution is -0.284. The highest BCUT2D eigenvalue weighted by molar-refractivity contribution is 8.08. The second kappa shape index (κ2) is 55.6. The molecule has 0 saturated carbocycles. The zero-order valence-corrected chi connectivity index (χ0v) is 65.8. The summed E-state index contributed by atoms with van der Waals surface area (Å²) in [6.07, 6.45) is -9.06. The van der Waals surface area contributed by atoms with Crippen molar-refractivity contribution in [1.82, 2.24) is 0 Å². The zero-order valence-electron chi connectivity index (χ0n) is 58.9. The van der Waals surface area contributed by atoms with E-state index in [9.17, 15) is 60.4 Å². The van der Waals surface area contributed by atoms with Crippen LogP contribution in [0.4, 0.5) is 0 Å². The molecule has 3 fully saturated rings. The average molecular weight is 1640 g/mol. The molecule has 10 unspecified atom stereocenters. The Kier molecular flexibility index (Phi) is 53.0. The standard InChI is InChI=1S/C58H116O36P4S4/c1-43-47(36-59)92-55(44(2)50(43)62)82-30-24-72-18-21-75-27-33-89-96(68,100)86-15-7-11-79-40-58(39-78-10-6-14-85-95(67,99)71-5,41-80-12-8-16-87-97(69,101)90-34-28-76-22-19-73-25-31-83-56-45(3)51(63)53(65)48(37-60)93-56)42-81-13-9-17-88-98(70,102)91-35-29-77-23-20-74-26-32-84-57-46(4)52(64)54(66)49(38-61)94-57/h43-57,59-66H,6-42H2,1-5H3,(H,67,99)(H,68,100)(H,69,101)(H,70,102)/t43-,44?,45?,46?,47?,48?,49?,50-,51+,52+,53-,54-,55+,56+,57+,58?,95?,96?,97?,98?/m0/s1. The van der Waals surface area contributed by atoms with E-state index >= 15 is 0 Å². The lowest BCUT2D eigenvalue weighted by Crippen LogP contribution is -2.55. The minimum Gasteiger partial charge on any atom is -0.394 e. The second-order valence-electron chi connectivity index (χ2n) is 23.9. The molecule has 102 heavy (non-hydrogen) atoms. The first-order chi connectivity index (χ1) is 48.7. The van der Waals surface area contributed by atoms with Gasteiger partial charge in [0.2, 0.25) is 0 Å². The molecule has 0 spiro atoms. The summed E-state index contributed by atoms with van der Waals surface area (Å²) in [7, 11) is 1.25. The van der Waals surface area contributed by atoms with Crippen molar-refractivity contribution >= 4 is 74.1 Å². The zero-order chi connectivity index (χ0) is 75.3. The molecule has 0 aromatic rings. The van der Waals surface area contributed by atoms with Gasteiger partial charge in [0, 0.05) is 57.2 Å². The molecule has 36 nitrogen and oxygen atoms in total. The minimum atomic E-state index is -3.67. The van der Waals surface area contributed by atoms with Crippen LogP contribution in [0.25, 0.3) is 0 Å². The third kappa shape index (κ3) is 41.6. The Bertz CT molecular complexity index is 2100. The largest absolute Gasteiger partial charge is 0.394 e. The summed E-state index contributed by atoms with van der Waals surface area (Å²) in [5.41, 5.74) is -0.986. The summed E-state index contributed by atoms with van der Waals surface area (Å²) in [6.45, 7) is -5.80. The van der Waals surface area contributed by atoms with Crippen molar-refractivity contribution in [2.24, 2.45) is 29.1 Å². The van der Waals surface area contributed by atoms with Crippen LogP contribution in [0, 0.1) is 29.1 Å². The van der Waals surface area contributed by atoms with Gasteiger partial charge in [-0.1, -0.05) is 27.7 Å². The fraction of sp³-hybridized carbons (Fsp3) is 1.00. The molecule has 19 atom stereocenters. The number of aliphatic hydroxyl groups is 8. The Hall–Kier alpha value is 1.16.